The number of aliphatic hydroxyl groups is 2. The topological polar surface area (TPSA) is 73.8 Å². The molecule has 1 heterocycles. The summed E-state index contributed by atoms with van der Waals surface area (Å²) < 4.78 is 18.2. The van der Waals surface area contributed by atoms with Gasteiger partial charge in [-0.25, -0.2) is 0 Å². The van der Waals surface area contributed by atoms with Crippen molar-refractivity contribution < 1.29 is 19.3 Å². The van der Waals surface area contributed by atoms with Crippen LogP contribution in [0.2, 0.25) is 0 Å². The molecule has 6 atom stereocenters. The van der Waals surface area contributed by atoms with Gasteiger partial charge in [-0.2, -0.15) is 0 Å². The van der Waals surface area contributed by atoms with Gasteiger partial charge in [-0.05, 0) is 13.0 Å². The quantitative estimate of drug-likeness (QED) is 0.501. The van der Waals surface area contributed by atoms with Gasteiger partial charge in [0.1, 0.15) is 0 Å². The zero-order valence-corrected chi connectivity index (χ0v) is 9.27. The van der Waals surface area contributed by atoms with E-state index in [-0.39, 0.29) is 18.5 Å². The van der Waals surface area contributed by atoms with Gasteiger partial charge < -0.3 is 14.9 Å². The Bertz CT molecular complexity index is 244. The Kier molecular flexibility index (Phi) is 3.76. The minimum Gasteiger partial charge on any atom is -0.390 e. The normalized spacial score (nSPS) is 48.0. The fraction of sp³-hybridized carbons (Fsp3) is 1.00. The van der Waals surface area contributed by atoms with E-state index in [1.54, 1.807) is 0 Å². The van der Waals surface area contributed by atoms with E-state index in [0.29, 0.717) is 6.42 Å². The van der Waals surface area contributed by atoms with Gasteiger partial charge in [-0.15, -0.1) is 0 Å². The monoisotopic (exact) mass is 234 g/mol. The maximum atomic E-state index is 12.6. The van der Waals surface area contributed by atoms with E-state index < -0.39 is 24.8 Å². The van der Waals surface area contributed by atoms with Crippen LogP contribution in [0.25, 0.3) is 0 Å². The Balaban J connectivity index is 2.01. The van der Waals surface area contributed by atoms with E-state index >= 15 is 0 Å². The van der Waals surface area contributed by atoms with Crippen LogP contribution >= 0.6 is 0 Å². The molecular formula is C10H19FN2O3. The number of ether oxygens (including phenoxy) is 1. The molecule has 2 rings (SSSR count). The summed E-state index contributed by atoms with van der Waals surface area (Å²) in [6.07, 6.45) is -2.09. The number of nitrogens with one attached hydrogen (secondary N) is 2. The van der Waals surface area contributed by atoms with Crippen LogP contribution in [-0.4, -0.2) is 54.1 Å². The molecule has 0 aromatic rings. The second-order valence-electron chi connectivity index (χ2n) is 4.44. The molecule has 0 radical (unpaired) electrons. The lowest BCUT2D eigenvalue weighted by Crippen LogP contribution is -2.57. The molecule has 94 valence electrons. The van der Waals surface area contributed by atoms with Gasteiger partial charge in [0.05, 0.1) is 31.0 Å². The zero-order valence-electron chi connectivity index (χ0n) is 9.27. The Morgan fingerprint density at radius 2 is 2.19 bits per heavy atom. The minimum atomic E-state index is -1.01. The molecule has 1 saturated carbocycles. The second-order valence-corrected chi connectivity index (χ2v) is 4.44. The van der Waals surface area contributed by atoms with E-state index in [0.717, 1.165) is 6.54 Å². The van der Waals surface area contributed by atoms with E-state index in [2.05, 4.69) is 10.6 Å². The van der Waals surface area contributed by atoms with E-state index in [4.69, 9.17) is 4.74 Å². The van der Waals surface area contributed by atoms with Crippen molar-refractivity contribution in [3.63, 3.8) is 0 Å². The first-order chi connectivity index (χ1) is 7.67. The van der Waals surface area contributed by atoms with Crippen molar-refractivity contribution in [3.8, 4) is 0 Å². The molecule has 3 unspecified atom stereocenters. The van der Waals surface area contributed by atoms with E-state index in [1.807, 2.05) is 6.92 Å². The van der Waals surface area contributed by atoms with E-state index in [9.17, 15) is 14.6 Å². The smallest absolute Gasteiger partial charge is 0.164 e. The summed E-state index contributed by atoms with van der Waals surface area (Å²) in [5.74, 6) is -0.529. The fourth-order valence-corrected chi connectivity index (χ4v) is 2.48. The molecule has 5 nitrogen and oxygen atoms in total. The Morgan fingerprint density at radius 3 is 2.81 bits per heavy atom. The molecule has 0 aromatic heterocycles. The predicted octanol–water partition coefficient (Wildman–Crippen LogP) is -1.05. The molecule has 2 aliphatic rings. The molecule has 0 aromatic carbocycles. The average molecular weight is 234 g/mol. The Hall–Kier alpha value is -0.270. The molecule has 16 heavy (non-hydrogen) atoms. The highest BCUT2D eigenvalue weighted by Gasteiger charge is 2.48. The molecule has 0 spiro atoms. The highest BCUT2D eigenvalue weighted by molar-refractivity contribution is 5.00. The molecule has 4 N–H and O–H groups in total. The molecule has 0 amide bonds. The van der Waals surface area contributed by atoms with Crippen molar-refractivity contribution in [2.45, 2.75) is 44.1 Å². The van der Waals surface area contributed by atoms with Crippen LogP contribution in [0.5, 0.6) is 0 Å². The lowest BCUT2D eigenvalue weighted by Gasteiger charge is -2.37. The molecule has 1 aliphatic carbocycles. The van der Waals surface area contributed by atoms with Crippen molar-refractivity contribution in [3.05, 3.63) is 0 Å². The highest BCUT2D eigenvalue weighted by Crippen LogP contribution is 2.31. The number of fused-ring (bicyclic) bond motifs is 1. The van der Waals surface area contributed by atoms with Gasteiger partial charge in [0.2, 0.25) is 0 Å². The van der Waals surface area contributed by atoms with Crippen LogP contribution < -0.4 is 10.6 Å². The molecule has 0 bridgehead atoms. The van der Waals surface area contributed by atoms with Gasteiger partial charge in [-0.3, -0.25) is 15.0 Å². The number of hydrogen-bond donors (Lipinski definition) is 4. The van der Waals surface area contributed by atoms with Gasteiger partial charge in [0.25, 0.3) is 0 Å². The third kappa shape index (κ3) is 2.08. The summed E-state index contributed by atoms with van der Waals surface area (Å²) in [5, 5.41) is 25.6. The van der Waals surface area contributed by atoms with Crippen molar-refractivity contribution in [2.24, 2.45) is 5.92 Å². The van der Waals surface area contributed by atoms with Gasteiger partial charge in [0, 0.05) is 5.92 Å². The number of hydrogen-bond acceptors (Lipinski definition) is 5. The van der Waals surface area contributed by atoms with Crippen LogP contribution in [0.1, 0.15) is 13.3 Å². The summed E-state index contributed by atoms with van der Waals surface area (Å²) in [6.45, 7) is 2.06. The van der Waals surface area contributed by atoms with Crippen molar-refractivity contribution >= 4 is 0 Å². The molecule has 6 heteroatoms. The van der Waals surface area contributed by atoms with Gasteiger partial charge in [-0.1, -0.05) is 6.92 Å². The second kappa shape index (κ2) is 4.93. The first-order valence-electron chi connectivity index (χ1n) is 5.74. The summed E-state index contributed by atoms with van der Waals surface area (Å²) in [5.41, 5.74) is 0. The lowest BCUT2D eigenvalue weighted by atomic mass is 9.80. The number of halogens is 1. The summed E-state index contributed by atoms with van der Waals surface area (Å²) in [7, 11) is 0. The Morgan fingerprint density at radius 1 is 1.44 bits per heavy atom. The van der Waals surface area contributed by atoms with E-state index in [1.165, 1.54) is 0 Å². The largest absolute Gasteiger partial charge is 0.390 e. The SMILES string of the molecule is CCNC1N[C@@H]2C(O)[C@H](O)C(CF)C[C@@H]2O1. The first-order valence-corrected chi connectivity index (χ1v) is 5.74. The van der Waals surface area contributed by atoms with Crippen LogP contribution in [0.4, 0.5) is 4.39 Å². The van der Waals surface area contributed by atoms with Crippen molar-refractivity contribution in [2.75, 3.05) is 13.2 Å². The van der Waals surface area contributed by atoms with Crippen LogP contribution in [0.15, 0.2) is 0 Å². The summed E-state index contributed by atoms with van der Waals surface area (Å²) >= 11 is 0. The molecule has 1 aliphatic heterocycles. The fourth-order valence-electron chi connectivity index (χ4n) is 2.48. The number of alkyl halides is 1. The molecule has 1 saturated heterocycles. The van der Waals surface area contributed by atoms with Crippen LogP contribution in [0.3, 0.4) is 0 Å². The predicted molar refractivity (Wildman–Crippen MR) is 55.4 cm³/mol. The average Bonchev–Trinajstić information content (AvgIpc) is 2.67. The van der Waals surface area contributed by atoms with Crippen molar-refractivity contribution in [1.29, 1.82) is 0 Å². The highest BCUT2D eigenvalue weighted by atomic mass is 19.1. The van der Waals surface area contributed by atoms with Crippen LogP contribution in [0, 0.1) is 5.92 Å². The standard InChI is InChI=1S/C10H19FN2O3/c1-2-12-10-13-7-6(16-10)3-5(4-11)8(14)9(7)15/h5-10,12-15H,2-4H2,1H3/t5?,6-,7-,8+,9?,10?/m0/s1. The van der Waals surface area contributed by atoms with Gasteiger partial charge >= 0.3 is 0 Å². The molecular weight excluding hydrogens is 215 g/mol. The minimum absolute atomic E-state index is 0.233. The lowest BCUT2D eigenvalue weighted by molar-refractivity contribution is -0.0983. The summed E-state index contributed by atoms with van der Waals surface area (Å²) in [6, 6.07) is -0.318. The molecule has 2 fully saturated rings. The summed E-state index contributed by atoms with van der Waals surface area (Å²) in [4.78, 5) is 0. The third-order valence-electron chi connectivity index (χ3n) is 3.38. The number of aliphatic hydroxyl groups excluding tert-OH is 2. The van der Waals surface area contributed by atoms with Crippen LogP contribution in [-0.2, 0) is 4.74 Å². The maximum absolute atomic E-state index is 12.6. The van der Waals surface area contributed by atoms with Gasteiger partial charge in [0.15, 0.2) is 6.35 Å². The van der Waals surface area contributed by atoms with Crippen molar-refractivity contribution in [1.82, 2.24) is 10.6 Å². The maximum Gasteiger partial charge on any atom is 0.164 e. The zero-order chi connectivity index (χ0) is 11.7. The Labute approximate surface area is 94.0 Å². The third-order valence-corrected chi connectivity index (χ3v) is 3.38. The first kappa shape index (κ1) is 12.2. The number of rotatable bonds is 3.